The maximum atomic E-state index is 11.1. The minimum absolute atomic E-state index is 0.159. The molecule has 0 N–H and O–H groups in total. The van der Waals surface area contributed by atoms with Gasteiger partial charge in [-0.3, -0.25) is 4.79 Å². The number of allylic oxidation sites excluding steroid dienone is 1. The predicted molar refractivity (Wildman–Crippen MR) is 47.7 cm³/mol. The van der Waals surface area contributed by atoms with Crippen LogP contribution in [0.2, 0.25) is 0 Å². The Morgan fingerprint density at radius 2 is 2.42 bits per heavy atom. The van der Waals surface area contributed by atoms with E-state index in [-0.39, 0.29) is 5.78 Å². The van der Waals surface area contributed by atoms with Crippen LogP contribution in [0, 0.1) is 0 Å². The predicted octanol–water partition coefficient (Wildman–Crippen LogP) is 2.66. The molecule has 12 heavy (non-hydrogen) atoms. The van der Waals surface area contributed by atoms with Crippen LogP contribution in [0.5, 0.6) is 0 Å². The molecule has 1 heterocycles. The number of carbonyl (C=O) groups excluding carboxylic acids is 1. The fraction of sp³-hybridized carbons (Fsp3) is 0.300. The number of carbonyl (C=O) groups is 1. The van der Waals surface area contributed by atoms with Gasteiger partial charge in [0.1, 0.15) is 5.76 Å². The van der Waals surface area contributed by atoms with Gasteiger partial charge in [-0.2, -0.15) is 0 Å². The molecular weight excluding hydrogens is 152 g/mol. The molecule has 0 saturated heterocycles. The van der Waals surface area contributed by atoms with Crippen molar-refractivity contribution < 1.29 is 9.21 Å². The molecule has 0 spiro atoms. The van der Waals surface area contributed by atoms with Crippen LogP contribution in [0.1, 0.15) is 26.0 Å². The largest absolute Gasteiger partial charge is 0.465 e. The van der Waals surface area contributed by atoms with Gasteiger partial charge in [0.15, 0.2) is 5.78 Å². The topological polar surface area (TPSA) is 30.2 Å². The molecule has 2 nitrogen and oxygen atoms in total. The highest BCUT2D eigenvalue weighted by atomic mass is 16.3. The van der Waals surface area contributed by atoms with E-state index in [1.807, 2.05) is 13.0 Å². The molecule has 0 aromatic carbocycles. The first-order valence-corrected chi connectivity index (χ1v) is 3.99. The van der Waals surface area contributed by atoms with Crippen molar-refractivity contribution >= 4 is 11.9 Å². The summed E-state index contributed by atoms with van der Waals surface area (Å²) in [4.78, 5) is 11.1. The summed E-state index contributed by atoms with van der Waals surface area (Å²) < 4.78 is 5.07. The third kappa shape index (κ3) is 2.09. The van der Waals surface area contributed by atoms with E-state index in [1.165, 1.54) is 0 Å². The molecular formula is C10H12O2. The molecule has 0 saturated carbocycles. The molecule has 0 amide bonds. The second kappa shape index (κ2) is 3.90. The maximum Gasteiger partial charge on any atom is 0.158 e. The van der Waals surface area contributed by atoms with Crippen molar-refractivity contribution in [2.75, 3.05) is 0 Å². The van der Waals surface area contributed by atoms with Crippen molar-refractivity contribution in [2.45, 2.75) is 20.3 Å². The normalized spacial score (nSPS) is 11.7. The van der Waals surface area contributed by atoms with Gasteiger partial charge in [-0.25, -0.2) is 0 Å². The summed E-state index contributed by atoms with van der Waals surface area (Å²) >= 11 is 0. The van der Waals surface area contributed by atoms with E-state index in [1.54, 1.807) is 25.3 Å². The third-order valence-corrected chi connectivity index (χ3v) is 1.66. The molecule has 64 valence electrons. The van der Waals surface area contributed by atoms with Gasteiger partial charge in [-0.1, -0.05) is 6.92 Å². The first-order valence-electron chi connectivity index (χ1n) is 3.99. The SMILES string of the molecule is CCC(=O)/C(C)=C\c1ccco1. The van der Waals surface area contributed by atoms with Gasteiger partial charge in [0.25, 0.3) is 0 Å². The van der Waals surface area contributed by atoms with E-state index in [9.17, 15) is 4.79 Å². The van der Waals surface area contributed by atoms with Crippen molar-refractivity contribution in [3.63, 3.8) is 0 Å². The zero-order valence-corrected chi connectivity index (χ0v) is 7.33. The summed E-state index contributed by atoms with van der Waals surface area (Å²) in [5, 5.41) is 0. The van der Waals surface area contributed by atoms with Crippen LogP contribution in [0.4, 0.5) is 0 Å². The average Bonchev–Trinajstić information content (AvgIpc) is 2.55. The highest BCUT2D eigenvalue weighted by Gasteiger charge is 2.01. The number of rotatable bonds is 3. The molecule has 2 heteroatoms. The van der Waals surface area contributed by atoms with Gasteiger partial charge in [-0.05, 0) is 30.7 Å². The lowest BCUT2D eigenvalue weighted by molar-refractivity contribution is -0.115. The zero-order chi connectivity index (χ0) is 8.97. The molecule has 0 unspecified atom stereocenters. The smallest absolute Gasteiger partial charge is 0.158 e. The quantitative estimate of drug-likeness (QED) is 0.643. The molecule has 0 aliphatic heterocycles. The van der Waals surface area contributed by atoms with E-state index in [2.05, 4.69) is 0 Å². The van der Waals surface area contributed by atoms with Crippen LogP contribution < -0.4 is 0 Å². The fourth-order valence-electron chi connectivity index (χ4n) is 0.946. The van der Waals surface area contributed by atoms with Crippen molar-refractivity contribution in [3.05, 3.63) is 29.7 Å². The van der Waals surface area contributed by atoms with Crippen LogP contribution >= 0.6 is 0 Å². The standard InChI is InChI=1S/C10H12O2/c1-3-10(11)8(2)7-9-5-4-6-12-9/h4-7H,3H2,1-2H3/b8-7-. The van der Waals surface area contributed by atoms with Crippen LogP contribution in [-0.4, -0.2) is 5.78 Å². The average molecular weight is 164 g/mol. The monoisotopic (exact) mass is 164 g/mol. The highest BCUT2D eigenvalue weighted by Crippen LogP contribution is 2.08. The molecule has 1 aromatic rings. The van der Waals surface area contributed by atoms with E-state index < -0.39 is 0 Å². The molecule has 0 atom stereocenters. The van der Waals surface area contributed by atoms with Gasteiger partial charge in [0.2, 0.25) is 0 Å². The Hall–Kier alpha value is -1.31. The minimum Gasteiger partial charge on any atom is -0.465 e. The third-order valence-electron chi connectivity index (χ3n) is 1.66. The molecule has 0 fully saturated rings. The summed E-state index contributed by atoms with van der Waals surface area (Å²) in [6.45, 7) is 3.65. The fourth-order valence-corrected chi connectivity index (χ4v) is 0.946. The van der Waals surface area contributed by atoms with E-state index in [4.69, 9.17) is 4.42 Å². The Morgan fingerprint density at radius 1 is 1.67 bits per heavy atom. The van der Waals surface area contributed by atoms with Crippen molar-refractivity contribution in [2.24, 2.45) is 0 Å². The number of hydrogen-bond donors (Lipinski definition) is 0. The van der Waals surface area contributed by atoms with Gasteiger partial charge in [0.05, 0.1) is 6.26 Å². The van der Waals surface area contributed by atoms with Crippen molar-refractivity contribution in [3.8, 4) is 0 Å². The maximum absolute atomic E-state index is 11.1. The summed E-state index contributed by atoms with van der Waals surface area (Å²) in [5.74, 6) is 0.890. The zero-order valence-electron chi connectivity index (χ0n) is 7.33. The molecule has 1 aromatic heterocycles. The van der Waals surface area contributed by atoms with E-state index in [0.29, 0.717) is 6.42 Å². The second-order valence-corrected chi connectivity index (χ2v) is 2.62. The number of Topliss-reactive ketones (excluding diaryl/α,β-unsaturated/α-hetero) is 1. The Balaban J connectivity index is 2.76. The van der Waals surface area contributed by atoms with E-state index >= 15 is 0 Å². The summed E-state index contributed by atoms with van der Waals surface area (Å²) in [6.07, 6.45) is 3.89. The summed E-state index contributed by atoms with van der Waals surface area (Å²) in [7, 11) is 0. The number of ketones is 1. The minimum atomic E-state index is 0.159. The Morgan fingerprint density at radius 3 is 2.92 bits per heavy atom. The molecule has 0 bridgehead atoms. The molecule has 0 aliphatic carbocycles. The second-order valence-electron chi connectivity index (χ2n) is 2.62. The first-order chi connectivity index (χ1) is 5.74. The molecule has 0 aliphatic rings. The van der Waals surface area contributed by atoms with Gasteiger partial charge in [-0.15, -0.1) is 0 Å². The highest BCUT2D eigenvalue weighted by molar-refractivity contribution is 5.98. The molecule has 1 rings (SSSR count). The number of hydrogen-bond acceptors (Lipinski definition) is 2. The van der Waals surface area contributed by atoms with Gasteiger partial charge in [0, 0.05) is 6.42 Å². The lowest BCUT2D eigenvalue weighted by Gasteiger charge is -1.94. The molecule has 0 radical (unpaired) electrons. The Bertz CT molecular complexity index is 281. The van der Waals surface area contributed by atoms with Gasteiger partial charge < -0.3 is 4.42 Å². The lowest BCUT2D eigenvalue weighted by atomic mass is 10.1. The summed E-state index contributed by atoms with van der Waals surface area (Å²) in [5.41, 5.74) is 0.743. The van der Waals surface area contributed by atoms with Crippen molar-refractivity contribution in [1.82, 2.24) is 0 Å². The van der Waals surface area contributed by atoms with Crippen LogP contribution in [0.25, 0.3) is 6.08 Å². The van der Waals surface area contributed by atoms with E-state index in [0.717, 1.165) is 11.3 Å². The lowest BCUT2D eigenvalue weighted by Crippen LogP contribution is -1.95. The van der Waals surface area contributed by atoms with Crippen LogP contribution in [-0.2, 0) is 4.79 Å². The van der Waals surface area contributed by atoms with Crippen LogP contribution in [0.15, 0.2) is 28.4 Å². The number of furan rings is 1. The van der Waals surface area contributed by atoms with Gasteiger partial charge >= 0.3 is 0 Å². The Labute approximate surface area is 71.9 Å². The Kier molecular flexibility index (Phi) is 2.86. The summed E-state index contributed by atoms with van der Waals surface area (Å²) in [6, 6.07) is 3.63. The van der Waals surface area contributed by atoms with Crippen LogP contribution in [0.3, 0.4) is 0 Å². The first kappa shape index (κ1) is 8.78. The van der Waals surface area contributed by atoms with Crippen molar-refractivity contribution in [1.29, 1.82) is 0 Å².